The summed E-state index contributed by atoms with van der Waals surface area (Å²) in [6.45, 7) is 4.95. The lowest BCUT2D eigenvalue weighted by Crippen LogP contribution is -2.77. The molecule has 5 aliphatic rings. The molecule has 0 unspecified atom stereocenters. The highest BCUT2D eigenvalue weighted by molar-refractivity contribution is 7.27. The Morgan fingerprint density at radius 1 is 0.517 bits per heavy atom. The van der Waals surface area contributed by atoms with Crippen molar-refractivity contribution in [2.45, 2.75) is 19.3 Å². The Balaban J connectivity index is 1.19. The number of para-hydroxylation sites is 3. The van der Waals surface area contributed by atoms with Gasteiger partial charge in [-0.3, -0.25) is 0 Å². The largest absolute Gasteiger partial charge is 0.374 e. The molecule has 0 saturated heterocycles. The van der Waals surface area contributed by atoms with Gasteiger partial charge in [0.25, 0.3) is 0 Å². The van der Waals surface area contributed by atoms with Crippen molar-refractivity contribution in [2.75, 3.05) is 4.90 Å². The van der Waals surface area contributed by atoms with Gasteiger partial charge < -0.3 is 9.38 Å². The van der Waals surface area contributed by atoms with Crippen LogP contribution in [0.5, 0.6) is 0 Å². The van der Waals surface area contributed by atoms with E-state index in [1.807, 2.05) is 11.3 Å². The van der Waals surface area contributed by atoms with Crippen molar-refractivity contribution in [1.82, 2.24) is 4.48 Å². The zero-order valence-electron chi connectivity index (χ0n) is 32.0. The zero-order chi connectivity index (χ0) is 37.8. The maximum Gasteiger partial charge on any atom is 0.333 e. The second-order valence-electron chi connectivity index (χ2n) is 17.5. The molecule has 4 aliphatic heterocycles. The molecule has 0 bridgehead atoms. The molecule has 15 rings (SSSR count). The van der Waals surface area contributed by atoms with E-state index in [-0.39, 0.29) is 12.3 Å². The Labute approximate surface area is 341 Å². The Morgan fingerprint density at radius 2 is 1.16 bits per heavy atom. The third-order valence-electron chi connectivity index (χ3n) is 14.7. The van der Waals surface area contributed by atoms with Crippen molar-refractivity contribution in [3.63, 3.8) is 0 Å². The summed E-state index contributed by atoms with van der Waals surface area (Å²) in [6, 6.07) is 63.6. The fourth-order valence-electron chi connectivity index (χ4n) is 12.7. The molecule has 0 N–H and O–H groups in total. The molecule has 0 atom stereocenters. The van der Waals surface area contributed by atoms with E-state index in [9.17, 15) is 0 Å². The minimum Gasteiger partial charge on any atom is -0.374 e. The van der Waals surface area contributed by atoms with Gasteiger partial charge in [0.1, 0.15) is 0 Å². The van der Waals surface area contributed by atoms with Crippen LogP contribution in [0.4, 0.5) is 17.1 Å². The summed E-state index contributed by atoms with van der Waals surface area (Å²) in [7, 11) is -2.79. The Bertz CT molecular complexity index is 3540. The molecule has 8 aromatic carbocycles. The van der Waals surface area contributed by atoms with E-state index < -0.39 is 8.07 Å². The van der Waals surface area contributed by atoms with E-state index in [0.717, 1.165) is 0 Å². The van der Waals surface area contributed by atoms with Gasteiger partial charge in [-0.2, -0.15) is 0 Å². The molecule has 0 amide bonds. The number of anilines is 3. The summed E-state index contributed by atoms with van der Waals surface area (Å²) in [6.07, 6.45) is 0. The monoisotopic (exact) mass is 768 g/mol. The molecule has 1 aliphatic carbocycles. The van der Waals surface area contributed by atoms with Gasteiger partial charge in [-0.1, -0.05) is 159 Å². The molecule has 10 aromatic rings. The fraction of sp³-hybridized carbons (Fsp3) is 0.0566. The average molecular weight is 769 g/mol. The molecule has 6 heterocycles. The van der Waals surface area contributed by atoms with Gasteiger partial charge >= 0.3 is 6.85 Å². The number of benzene rings is 8. The Morgan fingerprint density at radius 3 is 1.98 bits per heavy atom. The van der Waals surface area contributed by atoms with E-state index in [0.29, 0.717) is 0 Å². The van der Waals surface area contributed by atoms with Crippen LogP contribution in [0.3, 0.4) is 0 Å². The Kier molecular flexibility index (Phi) is 5.29. The van der Waals surface area contributed by atoms with E-state index >= 15 is 0 Å². The van der Waals surface area contributed by atoms with Crippen molar-refractivity contribution in [2.24, 2.45) is 0 Å². The van der Waals surface area contributed by atoms with Gasteiger partial charge in [-0.25, -0.2) is 0 Å². The lowest BCUT2D eigenvalue weighted by molar-refractivity contribution is 0.661. The van der Waals surface area contributed by atoms with Crippen LogP contribution in [-0.2, 0) is 5.41 Å². The van der Waals surface area contributed by atoms with Crippen LogP contribution < -0.4 is 36.6 Å². The Hall–Kier alpha value is -6.40. The normalized spacial score (nSPS) is 16.0. The standard InChI is InChI=1S/C53H33BN2SSi/c1-53(2)38-21-7-3-15-30(38)36-29-37-33-19-13-20-35-48(33)56(49-34-18-4-9-24-41(34)57-52(35)49)54-39-22-14-28-45-50(39)55(51(46(36)53)47(37)54)40-23-8-12-27-44(40)58(45)42-25-10-5-16-31(42)32-17-6-11-26-43(32)58/h3-29H,1-2H3. The summed E-state index contributed by atoms with van der Waals surface area (Å²) in [5.74, 6) is 0. The van der Waals surface area contributed by atoms with Crippen LogP contribution in [0.15, 0.2) is 164 Å². The molecular weight excluding hydrogens is 736 g/mol. The first kappa shape index (κ1) is 30.7. The summed E-state index contributed by atoms with van der Waals surface area (Å²) in [4.78, 5) is 2.78. The second kappa shape index (κ2) is 10.00. The minimum atomic E-state index is -2.79. The van der Waals surface area contributed by atoms with E-state index in [4.69, 9.17) is 0 Å². The highest BCUT2D eigenvalue weighted by Gasteiger charge is 2.58. The van der Waals surface area contributed by atoms with E-state index in [1.165, 1.54) is 124 Å². The molecule has 5 heteroatoms. The molecule has 0 saturated carbocycles. The first-order chi connectivity index (χ1) is 28.6. The molecule has 0 radical (unpaired) electrons. The fourth-order valence-corrected chi connectivity index (χ4v) is 19.5. The lowest BCUT2D eigenvalue weighted by atomic mass is 9.44. The second-order valence-corrected chi connectivity index (χ2v) is 22.2. The number of nitrogens with zero attached hydrogens (tertiary/aromatic N) is 2. The predicted octanol–water partition coefficient (Wildman–Crippen LogP) is 9.40. The number of aromatic nitrogens is 1. The molecule has 1 spiro atoms. The van der Waals surface area contributed by atoms with Crippen molar-refractivity contribution in [3.05, 3.63) is 175 Å². The summed E-state index contributed by atoms with van der Waals surface area (Å²) >= 11 is 1.96. The first-order valence-corrected chi connectivity index (χ1v) is 23.4. The van der Waals surface area contributed by atoms with Crippen LogP contribution >= 0.6 is 11.3 Å². The number of hydrogen-bond donors (Lipinski definition) is 0. The third kappa shape index (κ3) is 3.16. The van der Waals surface area contributed by atoms with Crippen LogP contribution in [0.2, 0.25) is 0 Å². The van der Waals surface area contributed by atoms with Gasteiger partial charge in [0, 0.05) is 49.0 Å². The smallest absolute Gasteiger partial charge is 0.333 e. The minimum absolute atomic E-state index is 0.00267. The third-order valence-corrected chi connectivity index (χ3v) is 20.8. The van der Waals surface area contributed by atoms with E-state index in [2.05, 4.69) is 187 Å². The molecule has 268 valence electrons. The van der Waals surface area contributed by atoms with Gasteiger partial charge in [0.2, 0.25) is 0 Å². The van der Waals surface area contributed by atoms with E-state index in [1.54, 1.807) is 0 Å². The molecule has 0 fully saturated rings. The van der Waals surface area contributed by atoms with Crippen LogP contribution in [0.1, 0.15) is 25.0 Å². The molecular formula is C53H33BN2SSi. The van der Waals surface area contributed by atoms with Crippen molar-refractivity contribution in [1.29, 1.82) is 0 Å². The highest BCUT2D eigenvalue weighted by Crippen LogP contribution is 2.58. The van der Waals surface area contributed by atoms with Crippen molar-refractivity contribution < 1.29 is 0 Å². The highest BCUT2D eigenvalue weighted by atomic mass is 32.1. The summed E-state index contributed by atoms with van der Waals surface area (Å²) < 4.78 is 5.55. The molecule has 2 nitrogen and oxygen atoms in total. The first-order valence-electron chi connectivity index (χ1n) is 20.6. The average Bonchev–Trinajstić information content (AvgIpc) is 3.96. The van der Waals surface area contributed by atoms with Gasteiger partial charge in [0.15, 0.2) is 8.07 Å². The van der Waals surface area contributed by atoms with Crippen molar-refractivity contribution >= 4 is 106 Å². The SMILES string of the molecule is CC1(C)c2ccccc2-c2cc3c4c(c21)N1c2ccccc2[Si]2(c5ccccc5-c5ccccc52)c2cccc(c21)B4n1c2c-3cccc2c2sc3ccccc3c21. The lowest BCUT2D eigenvalue weighted by Gasteiger charge is -2.50. The van der Waals surface area contributed by atoms with Gasteiger partial charge in [-0.15, -0.1) is 11.3 Å². The van der Waals surface area contributed by atoms with Crippen LogP contribution in [0, 0.1) is 0 Å². The zero-order valence-corrected chi connectivity index (χ0v) is 33.8. The summed E-state index contributed by atoms with van der Waals surface area (Å²) in [5, 5.41) is 8.74. The maximum atomic E-state index is 2.80. The number of rotatable bonds is 0. The molecule has 2 aromatic heterocycles. The summed E-state index contributed by atoms with van der Waals surface area (Å²) in [5.41, 5.74) is 20.6. The quantitative estimate of drug-likeness (QED) is 0.140. The maximum absolute atomic E-state index is 2.80. The number of fused-ring (bicyclic) bond motifs is 22. The predicted molar refractivity (Wildman–Crippen MR) is 249 cm³/mol. The van der Waals surface area contributed by atoms with Crippen molar-refractivity contribution in [3.8, 4) is 33.4 Å². The number of thiophene rings is 1. The molecule has 58 heavy (non-hydrogen) atoms. The topological polar surface area (TPSA) is 8.17 Å². The van der Waals surface area contributed by atoms with Crippen LogP contribution in [-0.4, -0.2) is 19.4 Å². The number of hydrogen-bond acceptors (Lipinski definition) is 2. The van der Waals surface area contributed by atoms with Gasteiger partial charge in [-0.05, 0) is 88.8 Å². The van der Waals surface area contributed by atoms with Crippen LogP contribution in [0.25, 0.3) is 64.6 Å². The van der Waals surface area contributed by atoms with Gasteiger partial charge in [0.05, 0.1) is 10.2 Å².